The van der Waals surface area contributed by atoms with Crippen LogP contribution in [0.4, 0.5) is 17.6 Å². The predicted octanol–water partition coefficient (Wildman–Crippen LogP) is 2.84. The number of nitrogens with zero attached hydrogens (tertiary/aromatic N) is 5. The van der Waals surface area contributed by atoms with Crippen LogP contribution in [-0.4, -0.2) is 30.8 Å². The average Bonchev–Trinajstić information content (AvgIpc) is 2.93. The lowest BCUT2D eigenvalue weighted by atomic mass is 10.3. The molecule has 0 aliphatic rings. The molecule has 0 aliphatic carbocycles. The van der Waals surface area contributed by atoms with Gasteiger partial charge >= 0.3 is 0 Å². The van der Waals surface area contributed by atoms with E-state index in [4.69, 9.17) is 0 Å². The van der Waals surface area contributed by atoms with Gasteiger partial charge in [0.25, 0.3) is 0 Å². The molecule has 3 aromatic rings. The maximum Gasteiger partial charge on any atom is 0.232 e. The number of aryl methyl sites for hydroxylation is 1. The van der Waals surface area contributed by atoms with Crippen molar-refractivity contribution in [1.82, 2.24) is 24.7 Å². The molecule has 118 valence electrons. The fourth-order valence-electron chi connectivity index (χ4n) is 2.11. The summed E-state index contributed by atoms with van der Waals surface area (Å²) in [7, 11) is 1.86. The van der Waals surface area contributed by atoms with Gasteiger partial charge in [0.2, 0.25) is 11.9 Å². The molecule has 0 saturated carbocycles. The van der Waals surface area contributed by atoms with Crippen LogP contribution in [0.15, 0.2) is 42.6 Å². The van der Waals surface area contributed by atoms with Crippen molar-refractivity contribution in [1.29, 1.82) is 0 Å². The van der Waals surface area contributed by atoms with E-state index >= 15 is 0 Å². The monoisotopic (exact) mass is 309 g/mol. The van der Waals surface area contributed by atoms with E-state index in [0.717, 1.165) is 11.4 Å². The molecule has 0 unspecified atom stereocenters. The van der Waals surface area contributed by atoms with Gasteiger partial charge in [0.15, 0.2) is 5.82 Å². The fourth-order valence-corrected chi connectivity index (χ4v) is 2.11. The maximum absolute atomic E-state index is 4.51. The minimum Gasteiger partial charge on any atom is -0.352 e. The zero-order chi connectivity index (χ0) is 16.2. The van der Waals surface area contributed by atoms with Gasteiger partial charge in [-0.15, -0.1) is 0 Å². The van der Waals surface area contributed by atoms with Gasteiger partial charge in [-0.25, -0.2) is 0 Å². The van der Waals surface area contributed by atoms with Gasteiger partial charge in [0.1, 0.15) is 5.69 Å². The van der Waals surface area contributed by atoms with Gasteiger partial charge in [-0.05, 0) is 32.0 Å². The molecule has 0 amide bonds. The van der Waals surface area contributed by atoms with Crippen molar-refractivity contribution >= 4 is 17.6 Å². The van der Waals surface area contributed by atoms with Crippen LogP contribution in [0.1, 0.15) is 13.8 Å². The van der Waals surface area contributed by atoms with Crippen molar-refractivity contribution in [2.24, 2.45) is 7.05 Å². The summed E-state index contributed by atoms with van der Waals surface area (Å²) in [5.74, 6) is 1.59. The first-order chi connectivity index (χ1) is 11.1. The Balaban J connectivity index is 1.99. The standard InChI is InChI=1S/C16H19N7/c1-11(2)18-15-20-14(13-9-10-17-23(13)3)21-16(22-15)19-12-7-5-4-6-8-12/h4-11H,1-3H3,(H2,18,19,20,21,22). The van der Waals surface area contributed by atoms with E-state index in [9.17, 15) is 0 Å². The first-order valence-electron chi connectivity index (χ1n) is 7.45. The number of nitrogens with one attached hydrogen (secondary N) is 2. The Bertz CT molecular complexity index is 780. The lowest BCUT2D eigenvalue weighted by Crippen LogP contribution is -2.15. The van der Waals surface area contributed by atoms with E-state index in [0.29, 0.717) is 17.7 Å². The molecule has 0 aliphatic heterocycles. The Morgan fingerprint density at radius 3 is 2.35 bits per heavy atom. The first kappa shape index (κ1) is 15.0. The lowest BCUT2D eigenvalue weighted by molar-refractivity contribution is 0.768. The molecule has 1 aromatic carbocycles. The number of hydrogen-bond acceptors (Lipinski definition) is 6. The van der Waals surface area contributed by atoms with Crippen molar-refractivity contribution in [2.75, 3.05) is 10.6 Å². The summed E-state index contributed by atoms with van der Waals surface area (Å²) >= 11 is 0. The second-order valence-corrected chi connectivity index (χ2v) is 5.44. The predicted molar refractivity (Wildman–Crippen MR) is 90.5 cm³/mol. The zero-order valence-corrected chi connectivity index (χ0v) is 13.4. The summed E-state index contributed by atoms with van der Waals surface area (Å²) < 4.78 is 1.74. The molecule has 2 heterocycles. The van der Waals surface area contributed by atoms with E-state index in [1.165, 1.54) is 0 Å². The summed E-state index contributed by atoms with van der Waals surface area (Å²) in [4.78, 5) is 13.4. The summed E-state index contributed by atoms with van der Waals surface area (Å²) in [5.41, 5.74) is 1.75. The lowest BCUT2D eigenvalue weighted by Gasteiger charge is -2.12. The number of aromatic nitrogens is 5. The normalized spacial score (nSPS) is 10.8. The Morgan fingerprint density at radius 2 is 1.70 bits per heavy atom. The highest BCUT2D eigenvalue weighted by molar-refractivity contribution is 5.58. The Morgan fingerprint density at radius 1 is 0.957 bits per heavy atom. The van der Waals surface area contributed by atoms with Gasteiger partial charge in [-0.1, -0.05) is 18.2 Å². The zero-order valence-electron chi connectivity index (χ0n) is 13.4. The van der Waals surface area contributed by atoms with E-state index in [1.54, 1.807) is 10.9 Å². The maximum atomic E-state index is 4.51. The van der Waals surface area contributed by atoms with Crippen molar-refractivity contribution in [3.8, 4) is 11.5 Å². The van der Waals surface area contributed by atoms with Crippen molar-refractivity contribution in [3.05, 3.63) is 42.6 Å². The SMILES string of the molecule is CC(C)Nc1nc(Nc2ccccc2)nc(-c2ccnn2C)n1. The van der Waals surface area contributed by atoms with Gasteiger partial charge in [-0.2, -0.15) is 20.1 Å². The molecule has 0 fully saturated rings. The number of anilines is 3. The van der Waals surface area contributed by atoms with E-state index in [2.05, 4.69) is 30.7 Å². The summed E-state index contributed by atoms with van der Waals surface area (Å²) in [6, 6.07) is 11.9. The van der Waals surface area contributed by atoms with Crippen LogP contribution in [-0.2, 0) is 7.05 Å². The molecule has 7 heteroatoms. The summed E-state index contributed by atoms with van der Waals surface area (Å²) in [6.07, 6.45) is 1.72. The summed E-state index contributed by atoms with van der Waals surface area (Å²) in [6.45, 7) is 4.08. The number of para-hydroxylation sites is 1. The third-order valence-corrected chi connectivity index (χ3v) is 3.13. The van der Waals surface area contributed by atoms with Crippen LogP contribution in [0, 0.1) is 0 Å². The second kappa shape index (κ2) is 6.43. The highest BCUT2D eigenvalue weighted by Crippen LogP contribution is 2.19. The smallest absolute Gasteiger partial charge is 0.232 e. The quantitative estimate of drug-likeness (QED) is 0.754. The van der Waals surface area contributed by atoms with Crippen LogP contribution in [0.5, 0.6) is 0 Å². The highest BCUT2D eigenvalue weighted by atomic mass is 15.3. The fraction of sp³-hybridized carbons (Fsp3) is 0.250. The van der Waals surface area contributed by atoms with E-state index < -0.39 is 0 Å². The molecule has 2 N–H and O–H groups in total. The Hall–Kier alpha value is -2.96. The summed E-state index contributed by atoms with van der Waals surface area (Å²) in [5, 5.41) is 10.6. The van der Waals surface area contributed by atoms with E-state index in [1.807, 2.05) is 57.3 Å². The average molecular weight is 309 g/mol. The highest BCUT2D eigenvalue weighted by Gasteiger charge is 2.12. The Kier molecular flexibility index (Phi) is 4.18. The molecule has 0 bridgehead atoms. The number of hydrogen-bond donors (Lipinski definition) is 2. The molecule has 0 atom stereocenters. The molecule has 7 nitrogen and oxygen atoms in total. The van der Waals surface area contributed by atoms with Crippen LogP contribution in [0.2, 0.25) is 0 Å². The molecular formula is C16H19N7. The van der Waals surface area contributed by atoms with Crippen molar-refractivity contribution in [2.45, 2.75) is 19.9 Å². The molecular weight excluding hydrogens is 290 g/mol. The van der Waals surface area contributed by atoms with Gasteiger partial charge < -0.3 is 10.6 Å². The third kappa shape index (κ3) is 3.63. The van der Waals surface area contributed by atoms with Gasteiger partial charge in [0, 0.05) is 25.0 Å². The molecule has 0 saturated heterocycles. The molecule has 3 rings (SSSR count). The minimum absolute atomic E-state index is 0.223. The minimum atomic E-state index is 0.223. The van der Waals surface area contributed by atoms with Crippen LogP contribution < -0.4 is 10.6 Å². The van der Waals surface area contributed by atoms with Crippen molar-refractivity contribution < 1.29 is 0 Å². The first-order valence-corrected chi connectivity index (χ1v) is 7.45. The molecule has 2 aromatic heterocycles. The van der Waals surface area contributed by atoms with Gasteiger partial charge in [-0.3, -0.25) is 4.68 Å². The topological polar surface area (TPSA) is 80.5 Å². The van der Waals surface area contributed by atoms with Crippen molar-refractivity contribution in [3.63, 3.8) is 0 Å². The van der Waals surface area contributed by atoms with Crippen LogP contribution in [0.3, 0.4) is 0 Å². The van der Waals surface area contributed by atoms with Crippen LogP contribution in [0.25, 0.3) is 11.5 Å². The number of benzene rings is 1. The molecule has 0 spiro atoms. The number of rotatable bonds is 5. The largest absolute Gasteiger partial charge is 0.352 e. The molecule has 23 heavy (non-hydrogen) atoms. The molecule has 0 radical (unpaired) electrons. The third-order valence-electron chi connectivity index (χ3n) is 3.13. The van der Waals surface area contributed by atoms with E-state index in [-0.39, 0.29) is 6.04 Å². The van der Waals surface area contributed by atoms with Gasteiger partial charge in [0.05, 0.1) is 0 Å². The second-order valence-electron chi connectivity index (χ2n) is 5.44. The Labute approximate surface area is 134 Å². The van der Waals surface area contributed by atoms with Crippen LogP contribution >= 0.6 is 0 Å².